The van der Waals surface area contributed by atoms with Crippen LogP contribution in [0.15, 0.2) is 42.5 Å². The van der Waals surface area contributed by atoms with E-state index in [0.717, 1.165) is 21.7 Å². The van der Waals surface area contributed by atoms with Crippen molar-refractivity contribution in [2.75, 3.05) is 26.0 Å². The zero-order chi connectivity index (χ0) is 20.7. The van der Waals surface area contributed by atoms with Crippen LogP contribution < -0.4 is 19.7 Å². The Morgan fingerprint density at radius 3 is 2.50 bits per heavy atom. The van der Waals surface area contributed by atoms with E-state index in [1.54, 1.807) is 12.1 Å². The molecule has 7 heteroatoms. The molecule has 1 atom stereocenters. The minimum absolute atomic E-state index is 0.0121. The first-order valence-corrected chi connectivity index (χ1v) is 9.12. The molecule has 2 aromatic rings. The predicted molar refractivity (Wildman–Crippen MR) is 104 cm³/mol. The summed E-state index contributed by atoms with van der Waals surface area (Å²) in [6.07, 6.45) is 0. The van der Waals surface area contributed by atoms with Crippen LogP contribution in [0.2, 0.25) is 0 Å². The molecule has 0 heterocycles. The minimum Gasteiger partial charge on any atom is -0.493 e. The van der Waals surface area contributed by atoms with Gasteiger partial charge in [-0.2, -0.15) is 8.78 Å². The number of hydrogen-bond donors (Lipinski definition) is 2. The highest BCUT2D eigenvalue weighted by Crippen LogP contribution is 2.29. The Morgan fingerprint density at radius 1 is 1.14 bits per heavy atom. The lowest BCUT2D eigenvalue weighted by Gasteiger charge is -2.17. The van der Waals surface area contributed by atoms with Gasteiger partial charge in [-0.15, -0.1) is 0 Å². The van der Waals surface area contributed by atoms with Crippen molar-refractivity contribution in [3.8, 4) is 11.5 Å². The summed E-state index contributed by atoms with van der Waals surface area (Å²) in [7, 11) is 3.29. The van der Waals surface area contributed by atoms with Crippen molar-refractivity contribution in [3.63, 3.8) is 0 Å². The maximum Gasteiger partial charge on any atom is 0.387 e. The number of halogens is 2. The van der Waals surface area contributed by atoms with Gasteiger partial charge in [0, 0.05) is 11.3 Å². The Labute approximate surface area is 164 Å². The molecule has 0 aliphatic rings. The lowest BCUT2D eigenvalue weighted by molar-refractivity contribution is -0.885. The fourth-order valence-electron chi connectivity index (χ4n) is 3.01. The molecule has 28 heavy (non-hydrogen) atoms. The van der Waals surface area contributed by atoms with Gasteiger partial charge in [-0.05, 0) is 35.7 Å². The van der Waals surface area contributed by atoms with Crippen LogP contribution in [-0.4, -0.2) is 33.2 Å². The normalized spacial score (nSPS) is 12.1. The van der Waals surface area contributed by atoms with E-state index in [4.69, 9.17) is 4.74 Å². The van der Waals surface area contributed by atoms with Crippen LogP contribution in [0.4, 0.5) is 14.5 Å². The predicted octanol–water partition coefficient (Wildman–Crippen LogP) is 3.07. The van der Waals surface area contributed by atoms with Crippen molar-refractivity contribution < 1.29 is 27.9 Å². The Kier molecular flexibility index (Phi) is 7.75. The molecule has 152 valence electrons. The van der Waals surface area contributed by atoms with Gasteiger partial charge in [-0.25, -0.2) is 0 Å². The van der Waals surface area contributed by atoms with Crippen molar-refractivity contribution in [1.82, 2.24) is 0 Å². The molecule has 0 radical (unpaired) electrons. The maximum atomic E-state index is 12.4. The second-order valence-corrected chi connectivity index (χ2v) is 6.96. The molecule has 0 aliphatic heterocycles. The van der Waals surface area contributed by atoms with Crippen LogP contribution in [0, 0.1) is 0 Å². The monoisotopic (exact) mass is 393 g/mol. The number of alkyl halides is 2. The third kappa shape index (κ3) is 6.20. The van der Waals surface area contributed by atoms with E-state index in [1.807, 2.05) is 31.3 Å². The lowest BCUT2D eigenvalue weighted by Crippen LogP contribution is -3.08. The first-order valence-electron chi connectivity index (χ1n) is 9.12. The average Bonchev–Trinajstić information content (AvgIpc) is 2.62. The van der Waals surface area contributed by atoms with Gasteiger partial charge in [-0.3, -0.25) is 4.79 Å². The molecular weight excluding hydrogens is 366 g/mol. The molecule has 2 rings (SSSR count). The molecule has 1 amide bonds. The van der Waals surface area contributed by atoms with Crippen molar-refractivity contribution in [2.24, 2.45) is 0 Å². The number of para-hydroxylation sites is 1. The van der Waals surface area contributed by atoms with E-state index < -0.39 is 6.61 Å². The third-order valence-electron chi connectivity index (χ3n) is 4.27. The standard InChI is InChI=1S/C21H26F2N2O3/c1-14(2)16-7-5-6-8-17(16)24-20(26)13-25(3)12-15-9-10-18(28-21(22)23)19(11-15)27-4/h5-11,14,21H,12-13H2,1-4H3,(H,24,26)/p+1. The van der Waals surface area contributed by atoms with Crippen LogP contribution in [0.1, 0.15) is 30.9 Å². The molecular formula is C21H27F2N2O3+. The van der Waals surface area contributed by atoms with Gasteiger partial charge in [-0.1, -0.05) is 32.0 Å². The maximum absolute atomic E-state index is 12.4. The van der Waals surface area contributed by atoms with Gasteiger partial charge < -0.3 is 19.7 Å². The van der Waals surface area contributed by atoms with E-state index in [0.29, 0.717) is 12.5 Å². The summed E-state index contributed by atoms with van der Waals surface area (Å²) in [5.41, 5.74) is 2.77. The number of carbonyl (C=O) groups is 1. The van der Waals surface area contributed by atoms with Crippen molar-refractivity contribution in [1.29, 1.82) is 0 Å². The summed E-state index contributed by atoms with van der Waals surface area (Å²) < 4.78 is 34.4. The number of quaternary nitrogens is 1. The summed E-state index contributed by atoms with van der Waals surface area (Å²) in [4.78, 5) is 13.4. The summed E-state index contributed by atoms with van der Waals surface area (Å²) in [6, 6.07) is 12.5. The number of ether oxygens (including phenoxy) is 2. The molecule has 0 saturated carbocycles. The van der Waals surface area contributed by atoms with E-state index in [-0.39, 0.29) is 24.0 Å². The highest BCUT2D eigenvalue weighted by molar-refractivity contribution is 5.92. The molecule has 5 nitrogen and oxygen atoms in total. The largest absolute Gasteiger partial charge is 0.493 e. The molecule has 0 saturated heterocycles. The van der Waals surface area contributed by atoms with Gasteiger partial charge >= 0.3 is 6.61 Å². The molecule has 0 spiro atoms. The molecule has 2 aromatic carbocycles. The zero-order valence-corrected chi connectivity index (χ0v) is 16.6. The number of rotatable bonds is 9. The van der Waals surface area contributed by atoms with E-state index >= 15 is 0 Å². The highest BCUT2D eigenvalue weighted by atomic mass is 19.3. The number of carbonyl (C=O) groups excluding carboxylic acids is 1. The summed E-state index contributed by atoms with van der Waals surface area (Å²) in [5.74, 6) is 0.445. The first-order chi connectivity index (χ1) is 13.3. The van der Waals surface area contributed by atoms with E-state index in [1.165, 1.54) is 13.2 Å². The molecule has 0 aromatic heterocycles. The Balaban J connectivity index is 1.98. The van der Waals surface area contributed by atoms with Crippen LogP contribution in [0.5, 0.6) is 11.5 Å². The van der Waals surface area contributed by atoms with Gasteiger partial charge in [0.15, 0.2) is 18.0 Å². The number of anilines is 1. The van der Waals surface area contributed by atoms with Gasteiger partial charge in [0.1, 0.15) is 6.54 Å². The summed E-state index contributed by atoms with van der Waals surface area (Å²) in [5, 5.41) is 2.97. The van der Waals surface area contributed by atoms with Crippen molar-refractivity contribution in [2.45, 2.75) is 32.9 Å². The lowest BCUT2D eigenvalue weighted by atomic mass is 10.0. The number of benzene rings is 2. The number of methoxy groups -OCH3 is 1. The molecule has 0 bridgehead atoms. The number of amides is 1. The summed E-state index contributed by atoms with van der Waals surface area (Å²) >= 11 is 0. The number of likely N-dealkylation sites (N-methyl/N-ethyl adjacent to an activating group) is 1. The smallest absolute Gasteiger partial charge is 0.387 e. The van der Waals surface area contributed by atoms with Crippen molar-refractivity contribution in [3.05, 3.63) is 53.6 Å². The Hall–Kier alpha value is -2.67. The van der Waals surface area contributed by atoms with E-state index in [9.17, 15) is 13.6 Å². The van der Waals surface area contributed by atoms with Crippen LogP contribution in [0.3, 0.4) is 0 Å². The van der Waals surface area contributed by atoms with Gasteiger partial charge in [0.2, 0.25) is 0 Å². The quantitative estimate of drug-likeness (QED) is 0.689. The molecule has 0 fully saturated rings. The van der Waals surface area contributed by atoms with E-state index in [2.05, 4.69) is 23.9 Å². The second kappa shape index (κ2) is 10.0. The van der Waals surface area contributed by atoms with Crippen LogP contribution in [0.25, 0.3) is 0 Å². The van der Waals surface area contributed by atoms with Crippen LogP contribution >= 0.6 is 0 Å². The third-order valence-corrected chi connectivity index (χ3v) is 4.27. The number of hydrogen-bond acceptors (Lipinski definition) is 3. The topological polar surface area (TPSA) is 52.0 Å². The van der Waals surface area contributed by atoms with Crippen LogP contribution in [-0.2, 0) is 11.3 Å². The first kappa shape index (κ1) is 21.6. The fourth-order valence-corrected chi connectivity index (χ4v) is 3.01. The average molecular weight is 393 g/mol. The minimum atomic E-state index is -2.91. The highest BCUT2D eigenvalue weighted by Gasteiger charge is 2.16. The van der Waals surface area contributed by atoms with Gasteiger partial charge in [0.05, 0.1) is 14.2 Å². The fraction of sp³-hybridized carbons (Fsp3) is 0.381. The molecule has 0 aliphatic carbocycles. The van der Waals surface area contributed by atoms with Gasteiger partial charge in [0.25, 0.3) is 5.91 Å². The SMILES string of the molecule is COc1cc(C[NH+](C)CC(=O)Nc2ccccc2C(C)C)ccc1OC(F)F. The summed E-state index contributed by atoms with van der Waals surface area (Å²) in [6.45, 7) is 2.05. The Morgan fingerprint density at radius 2 is 1.86 bits per heavy atom. The second-order valence-electron chi connectivity index (χ2n) is 6.96. The van der Waals surface area contributed by atoms with Crippen molar-refractivity contribution >= 4 is 11.6 Å². The Bertz CT molecular complexity index is 797. The molecule has 1 unspecified atom stereocenters. The molecule has 2 N–H and O–H groups in total. The zero-order valence-electron chi connectivity index (χ0n) is 16.6. The number of nitrogens with one attached hydrogen (secondary N) is 2.